The van der Waals surface area contributed by atoms with E-state index in [0.29, 0.717) is 5.92 Å². The fourth-order valence-corrected chi connectivity index (χ4v) is 3.95. The summed E-state index contributed by atoms with van der Waals surface area (Å²) in [6, 6.07) is 16.2. The fourth-order valence-electron chi connectivity index (χ4n) is 3.95. The summed E-state index contributed by atoms with van der Waals surface area (Å²) in [5, 5.41) is 5.48. The van der Waals surface area contributed by atoms with Crippen LogP contribution in [0, 0.1) is 12.0 Å². The quantitative estimate of drug-likeness (QED) is 0.371. The van der Waals surface area contributed by atoms with Crippen LogP contribution in [0.3, 0.4) is 0 Å². The molecule has 0 fully saturated rings. The minimum atomic E-state index is 0. The maximum atomic E-state index is 3.34. The van der Waals surface area contributed by atoms with Crippen LogP contribution >= 0.6 is 0 Å². The summed E-state index contributed by atoms with van der Waals surface area (Å²) in [6.07, 6.45) is 5.52. The first-order chi connectivity index (χ1) is 14.4. The zero-order valence-electron chi connectivity index (χ0n) is 21.7. The molecule has 3 heteroatoms. The number of fused-ring (bicyclic) bond motifs is 3. The molecule has 0 spiro atoms. The van der Waals surface area contributed by atoms with Crippen LogP contribution in [-0.2, 0) is 35.1 Å². The van der Waals surface area contributed by atoms with E-state index in [2.05, 4.69) is 121 Å². The van der Waals surface area contributed by atoms with Crippen molar-refractivity contribution in [3.8, 4) is 0 Å². The van der Waals surface area contributed by atoms with Crippen LogP contribution in [0.2, 0.25) is 0 Å². The van der Waals surface area contributed by atoms with Crippen LogP contribution in [0.25, 0.3) is 21.5 Å². The zero-order valence-corrected chi connectivity index (χ0v) is 25.6. The van der Waals surface area contributed by atoms with Crippen molar-refractivity contribution in [2.24, 2.45) is 5.92 Å². The SMILES string of the molecule is CC(C)(C)c1ccc2c(c1)[cH-]c1cc(C(C)(C)C)ccc12.CC1=[C-]C(C)C=C1C.[CH2]=[Zr+2].[Cl-].[Cl-]. The normalized spacial score (nSPS) is 15.3. The first-order valence-electron chi connectivity index (χ1n) is 11.1. The Balaban J connectivity index is 0.000000726. The minimum absolute atomic E-state index is 0. The molecule has 33 heavy (non-hydrogen) atoms. The van der Waals surface area contributed by atoms with Gasteiger partial charge in [-0.15, -0.1) is 46.7 Å². The maximum Gasteiger partial charge on any atom is -1.00 e. The molecule has 1 unspecified atom stereocenters. The molecule has 3 aromatic carbocycles. The van der Waals surface area contributed by atoms with Gasteiger partial charge in [-0.2, -0.15) is 6.08 Å². The molecule has 1 aliphatic carbocycles. The van der Waals surface area contributed by atoms with Gasteiger partial charge < -0.3 is 24.8 Å². The van der Waals surface area contributed by atoms with Gasteiger partial charge in [0.15, 0.2) is 0 Å². The molecule has 1 aliphatic rings. The molecule has 0 N–H and O–H groups in total. The number of hydrogen-bond acceptors (Lipinski definition) is 0. The molecule has 0 amide bonds. The molecule has 0 radical (unpaired) electrons. The molecule has 0 saturated heterocycles. The first-order valence-corrected chi connectivity index (χ1v) is 12.9. The zero-order chi connectivity index (χ0) is 23.6. The second-order valence-electron chi connectivity index (χ2n) is 10.7. The molecule has 178 valence electrons. The van der Waals surface area contributed by atoms with Gasteiger partial charge in [0, 0.05) is 0 Å². The van der Waals surface area contributed by atoms with Crippen LogP contribution in [0.15, 0.2) is 59.7 Å². The van der Waals surface area contributed by atoms with Gasteiger partial charge in [-0.25, -0.2) is 11.1 Å². The smallest absolute Gasteiger partial charge is 1.00 e. The summed E-state index contributed by atoms with van der Waals surface area (Å²) in [5.41, 5.74) is 5.92. The Kier molecular flexibility index (Phi) is 12.4. The van der Waals surface area contributed by atoms with Crippen LogP contribution in [0.5, 0.6) is 0 Å². The van der Waals surface area contributed by atoms with Crippen molar-refractivity contribution in [3.05, 3.63) is 76.9 Å². The minimum Gasteiger partial charge on any atom is -1.00 e. The molecular formula is C30H38Cl2Zr-2. The van der Waals surface area contributed by atoms with E-state index in [1.165, 1.54) is 68.1 Å². The largest absolute Gasteiger partial charge is 1.00 e. The van der Waals surface area contributed by atoms with E-state index in [9.17, 15) is 0 Å². The molecule has 0 bridgehead atoms. The number of hydrogen-bond donors (Lipinski definition) is 0. The van der Waals surface area contributed by atoms with Gasteiger partial charge >= 0.3 is 28.4 Å². The van der Waals surface area contributed by atoms with E-state index in [-0.39, 0.29) is 35.6 Å². The van der Waals surface area contributed by atoms with Gasteiger partial charge in [0.1, 0.15) is 0 Å². The molecule has 4 rings (SSSR count). The van der Waals surface area contributed by atoms with E-state index in [1.807, 2.05) is 0 Å². The summed E-state index contributed by atoms with van der Waals surface area (Å²) in [7, 11) is 0. The third kappa shape index (κ3) is 8.09. The molecule has 0 heterocycles. The van der Waals surface area contributed by atoms with E-state index in [0.717, 1.165) is 0 Å². The summed E-state index contributed by atoms with van der Waals surface area (Å²) >= 11 is 1.30. The van der Waals surface area contributed by atoms with Crippen molar-refractivity contribution in [2.75, 3.05) is 0 Å². The Bertz CT molecular complexity index is 1030. The standard InChI is InChI=1S/C21H25.C8H11.CH2.2ClH.Zr/c1-20(2,3)16-7-9-18-14(12-16)11-15-13-17(21(4,5)6)8-10-19(15)18;1-6-4-7(2)8(3)5-6;;;;/h7-13H,1-6H3;4,6H,1-3H3;1H2;2*1H;/q2*-1;;;;+2/p-2. The van der Waals surface area contributed by atoms with Crippen molar-refractivity contribution in [3.63, 3.8) is 0 Å². The molecule has 0 aromatic heterocycles. The van der Waals surface area contributed by atoms with Crippen LogP contribution in [-0.4, -0.2) is 4.21 Å². The van der Waals surface area contributed by atoms with Crippen LogP contribution in [0.1, 0.15) is 73.4 Å². The fraction of sp³-hybridized carbons (Fsp3) is 0.400. The van der Waals surface area contributed by atoms with Gasteiger partial charge in [0.25, 0.3) is 0 Å². The predicted octanol–water partition coefficient (Wildman–Crippen LogP) is 2.61. The van der Waals surface area contributed by atoms with Crippen molar-refractivity contribution in [1.29, 1.82) is 0 Å². The van der Waals surface area contributed by atoms with Gasteiger partial charge in [-0.3, -0.25) is 6.08 Å². The Hall–Kier alpha value is -0.877. The van der Waals surface area contributed by atoms with Gasteiger partial charge in [-0.1, -0.05) is 96.7 Å². The second-order valence-corrected chi connectivity index (χ2v) is 10.7. The van der Waals surface area contributed by atoms with Gasteiger partial charge in [-0.05, 0) is 10.8 Å². The summed E-state index contributed by atoms with van der Waals surface area (Å²) < 4.78 is 3.34. The number of rotatable bonds is 0. The monoisotopic (exact) mass is 558 g/mol. The van der Waals surface area contributed by atoms with Crippen LogP contribution in [0.4, 0.5) is 0 Å². The molecular weight excluding hydrogens is 522 g/mol. The Morgan fingerprint density at radius 3 is 1.42 bits per heavy atom. The van der Waals surface area contributed by atoms with Crippen molar-refractivity contribution in [1.82, 2.24) is 0 Å². The van der Waals surface area contributed by atoms with Crippen LogP contribution < -0.4 is 24.8 Å². The third-order valence-electron chi connectivity index (χ3n) is 5.97. The molecule has 3 aromatic rings. The summed E-state index contributed by atoms with van der Waals surface area (Å²) in [6.45, 7) is 20.0. The second kappa shape index (κ2) is 12.7. The van der Waals surface area contributed by atoms with Crippen molar-refractivity contribution >= 4 is 25.8 Å². The third-order valence-corrected chi connectivity index (χ3v) is 5.97. The maximum absolute atomic E-state index is 3.34. The van der Waals surface area contributed by atoms with E-state index >= 15 is 0 Å². The van der Waals surface area contributed by atoms with Gasteiger partial charge in [0.2, 0.25) is 0 Å². The Morgan fingerprint density at radius 2 is 1.18 bits per heavy atom. The predicted molar refractivity (Wildman–Crippen MR) is 137 cm³/mol. The molecule has 0 aliphatic heterocycles. The first kappa shape index (κ1) is 32.1. The van der Waals surface area contributed by atoms with Crippen molar-refractivity contribution in [2.45, 2.75) is 73.1 Å². The number of halogens is 2. The summed E-state index contributed by atoms with van der Waals surface area (Å²) in [4.78, 5) is 0. The van der Waals surface area contributed by atoms with Gasteiger partial charge in [0.05, 0.1) is 0 Å². The van der Waals surface area contributed by atoms with Crippen molar-refractivity contribution < 1.29 is 49.0 Å². The van der Waals surface area contributed by atoms with E-state index < -0.39 is 0 Å². The summed E-state index contributed by atoms with van der Waals surface area (Å²) in [5.74, 6) is 0.551. The Morgan fingerprint density at radius 1 is 0.788 bits per heavy atom. The average molecular weight is 561 g/mol. The topological polar surface area (TPSA) is 0 Å². The molecule has 1 atom stereocenters. The number of allylic oxidation sites excluding steroid dienone is 4. The Labute approximate surface area is 229 Å². The average Bonchev–Trinajstić information content (AvgIpc) is 3.19. The molecule has 0 nitrogen and oxygen atoms in total. The van der Waals surface area contributed by atoms with E-state index in [4.69, 9.17) is 0 Å². The van der Waals surface area contributed by atoms with E-state index in [1.54, 1.807) is 0 Å². The molecule has 0 saturated carbocycles. The number of benzene rings is 2.